The first-order valence-corrected chi connectivity index (χ1v) is 4.38. The second-order valence-corrected chi connectivity index (χ2v) is 3.01. The third kappa shape index (κ3) is 4.93. The molecule has 0 saturated carbocycles. The van der Waals surface area contributed by atoms with Gasteiger partial charge in [-0.1, -0.05) is 0 Å². The van der Waals surface area contributed by atoms with Gasteiger partial charge in [-0.3, -0.25) is 9.59 Å². The molecule has 9 nitrogen and oxygen atoms in total. The molecule has 0 saturated heterocycles. The monoisotopic (exact) mass is 248 g/mol. The topological polar surface area (TPSA) is 156 Å². The lowest BCUT2D eigenvalue weighted by atomic mass is 10.2. The van der Waals surface area contributed by atoms with Gasteiger partial charge in [0.1, 0.15) is 0 Å². The molecular formula is C8H12N2O7. The number of amides is 1. The third-order valence-corrected chi connectivity index (χ3v) is 1.70. The van der Waals surface area contributed by atoms with E-state index in [2.05, 4.69) is 4.74 Å². The Bertz CT molecular complexity index is 341. The van der Waals surface area contributed by atoms with Crippen LogP contribution in [-0.4, -0.2) is 53.2 Å². The highest BCUT2D eigenvalue weighted by atomic mass is 16.5. The van der Waals surface area contributed by atoms with Gasteiger partial charge in [-0.25, -0.2) is 9.59 Å². The van der Waals surface area contributed by atoms with Crippen molar-refractivity contribution in [3.05, 3.63) is 0 Å². The van der Waals surface area contributed by atoms with Gasteiger partial charge in [-0.2, -0.15) is 0 Å². The first-order valence-electron chi connectivity index (χ1n) is 4.38. The maximum Gasteiger partial charge on any atom is 0.340 e. The number of ether oxygens (including phenoxy) is 1. The highest BCUT2D eigenvalue weighted by Gasteiger charge is 2.31. The first-order chi connectivity index (χ1) is 7.79. The number of carbonyl (C=O) groups is 4. The molecule has 0 radical (unpaired) electrons. The molecule has 5 N–H and O–H groups in total. The summed E-state index contributed by atoms with van der Waals surface area (Å²) in [5, 5.41) is 18.7. The second kappa shape index (κ2) is 6.43. The summed E-state index contributed by atoms with van der Waals surface area (Å²) >= 11 is 0. The number of aliphatic carboxylic acids is 2. The van der Waals surface area contributed by atoms with Gasteiger partial charge >= 0.3 is 17.9 Å². The van der Waals surface area contributed by atoms with Crippen LogP contribution in [0.3, 0.4) is 0 Å². The van der Waals surface area contributed by atoms with Crippen LogP contribution >= 0.6 is 0 Å². The number of carbonyl (C=O) groups excluding carboxylic acids is 2. The predicted octanol–water partition coefficient (Wildman–Crippen LogP) is -2.47. The van der Waals surface area contributed by atoms with Gasteiger partial charge in [-0.05, 0) is 0 Å². The van der Waals surface area contributed by atoms with Crippen LogP contribution in [0.5, 0.6) is 0 Å². The summed E-state index contributed by atoms with van der Waals surface area (Å²) in [5.74, 6) is -5.20. The molecule has 0 aromatic carbocycles. The zero-order valence-electron chi connectivity index (χ0n) is 8.87. The quantitative estimate of drug-likeness (QED) is 0.297. The van der Waals surface area contributed by atoms with Crippen molar-refractivity contribution in [2.75, 3.05) is 7.11 Å². The van der Waals surface area contributed by atoms with Crippen LogP contribution in [0.4, 0.5) is 0 Å². The van der Waals surface area contributed by atoms with Crippen LogP contribution in [0.15, 0.2) is 0 Å². The molecule has 1 unspecified atom stereocenters. The SMILES string of the molecule is COC(=O)C(NC(=O)[C@@H](N)CC(=O)O)C(=O)O. The largest absolute Gasteiger partial charge is 0.481 e. The number of nitrogens with two attached hydrogens (primary N) is 1. The normalized spacial score (nSPS) is 13.3. The molecule has 0 fully saturated rings. The molecule has 0 bridgehead atoms. The van der Waals surface area contributed by atoms with Gasteiger partial charge in [-0.15, -0.1) is 0 Å². The van der Waals surface area contributed by atoms with Crippen molar-refractivity contribution in [3.63, 3.8) is 0 Å². The summed E-state index contributed by atoms with van der Waals surface area (Å²) in [7, 11) is 0.946. The van der Waals surface area contributed by atoms with Gasteiger partial charge in [0.15, 0.2) is 0 Å². The zero-order valence-corrected chi connectivity index (χ0v) is 8.87. The van der Waals surface area contributed by atoms with E-state index in [9.17, 15) is 19.2 Å². The van der Waals surface area contributed by atoms with Gasteiger partial charge in [0.2, 0.25) is 11.9 Å². The fourth-order valence-electron chi connectivity index (χ4n) is 0.869. The third-order valence-electron chi connectivity index (χ3n) is 1.70. The first kappa shape index (κ1) is 14.8. The van der Waals surface area contributed by atoms with E-state index in [1.54, 1.807) is 5.32 Å². The summed E-state index contributed by atoms with van der Waals surface area (Å²) in [5.41, 5.74) is 5.17. The number of rotatable bonds is 6. The molecule has 0 aromatic heterocycles. The molecule has 0 aliphatic rings. The maximum absolute atomic E-state index is 11.2. The van der Waals surface area contributed by atoms with E-state index in [1.165, 1.54) is 0 Å². The predicted molar refractivity (Wildman–Crippen MR) is 51.8 cm³/mol. The number of carboxylic acid groups (broad SMARTS) is 2. The van der Waals surface area contributed by atoms with Crippen molar-refractivity contribution in [2.24, 2.45) is 5.73 Å². The second-order valence-electron chi connectivity index (χ2n) is 3.01. The van der Waals surface area contributed by atoms with E-state index in [-0.39, 0.29) is 0 Å². The molecule has 0 rings (SSSR count). The number of hydrogen-bond acceptors (Lipinski definition) is 6. The van der Waals surface area contributed by atoms with Gasteiger partial charge in [0.25, 0.3) is 0 Å². The highest BCUT2D eigenvalue weighted by Crippen LogP contribution is 1.93. The smallest absolute Gasteiger partial charge is 0.340 e. The minimum absolute atomic E-state index is 0.681. The van der Waals surface area contributed by atoms with E-state index < -0.39 is 42.3 Å². The molecule has 0 aliphatic carbocycles. The molecule has 96 valence electrons. The van der Waals surface area contributed by atoms with E-state index in [0.717, 1.165) is 7.11 Å². The zero-order chi connectivity index (χ0) is 13.6. The average Bonchev–Trinajstić information content (AvgIpc) is 2.22. The fraction of sp³-hybridized carbons (Fsp3) is 0.500. The van der Waals surface area contributed by atoms with E-state index in [0.29, 0.717) is 0 Å². The molecule has 1 amide bonds. The summed E-state index contributed by atoms with van der Waals surface area (Å²) in [6.45, 7) is 0. The Morgan fingerprint density at radius 1 is 1.29 bits per heavy atom. The molecule has 9 heteroatoms. The minimum Gasteiger partial charge on any atom is -0.481 e. The van der Waals surface area contributed by atoms with Gasteiger partial charge < -0.3 is 26.0 Å². The number of esters is 1. The van der Waals surface area contributed by atoms with Crippen molar-refractivity contribution >= 4 is 23.8 Å². The molecule has 0 spiro atoms. The molecule has 2 atom stereocenters. The number of hydrogen-bond donors (Lipinski definition) is 4. The Morgan fingerprint density at radius 2 is 1.82 bits per heavy atom. The Balaban J connectivity index is 4.56. The van der Waals surface area contributed by atoms with Crippen LogP contribution in [0.25, 0.3) is 0 Å². The van der Waals surface area contributed by atoms with Gasteiger partial charge in [0.05, 0.1) is 19.6 Å². The molecule has 0 aliphatic heterocycles. The highest BCUT2D eigenvalue weighted by molar-refractivity contribution is 6.02. The Kier molecular flexibility index (Phi) is 5.61. The number of nitrogens with one attached hydrogen (secondary N) is 1. The Labute approximate surface area is 95.5 Å². The lowest BCUT2D eigenvalue weighted by Gasteiger charge is -2.14. The Hall–Kier alpha value is -2.16. The standard InChI is InChI=1S/C8H12N2O7/c1-17-8(16)5(7(14)15)10-6(13)3(9)2-4(11)12/h3,5H,2,9H2,1H3,(H,10,13)(H,11,12)(H,14,15)/t3-,5?/m0/s1. The Morgan fingerprint density at radius 3 is 2.18 bits per heavy atom. The van der Waals surface area contributed by atoms with Crippen LogP contribution < -0.4 is 11.1 Å². The van der Waals surface area contributed by atoms with E-state index in [4.69, 9.17) is 15.9 Å². The lowest BCUT2D eigenvalue weighted by molar-refractivity contribution is -0.155. The number of methoxy groups -OCH3 is 1. The van der Waals surface area contributed by atoms with Crippen molar-refractivity contribution in [3.8, 4) is 0 Å². The molecule has 0 heterocycles. The van der Waals surface area contributed by atoms with E-state index >= 15 is 0 Å². The summed E-state index contributed by atoms with van der Waals surface area (Å²) in [6, 6.07) is -3.36. The van der Waals surface area contributed by atoms with Crippen LogP contribution in [0.2, 0.25) is 0 Å². The molecule has 0 aromatic rings. The van der Waals surface area contributed by atoms with Crippen molar-refractivity contribution in [2.45, 2.75) is 18.5 Å². The van der Waals surface area contributed by atoms with Crippen LogP contribution in [0, 0.1) is 0 Å². The summed E-state index contributed by atoms with van der Waals surface area (Å²) in [6.07, 6.45) is -0.681. The van der Waals surface area contributed by atoms with Crippen molar-refractivity contribution < 1.29 is 34.1 Å². The molecule has 17 heavy (non-hydrogen) atoms. The lowest BCUT2D eigenvalue weighted by Crippen LogP contribution is -2.52. The van der Waals surface area contributed by atoms with Crippen LogP contribution in [0.1, 0.15) is 6.42 Å². The minimum atomic E-state index is -1.91. The van der Waals surface area contributed by atoms with Gasteiger partial charge in [0, 0.05) is 0 Å². The average molecular weight is 248 g/mol. The maximum atomic E-state index is 11.2. The summed E-state index contributed by atoms with van der Waals surface area (Å²) < 4.78 is 4.14. The van der Waals surface area contributed by atoms with Crippen molar-refractivity contribution in [1.29, 1.82) is 0 Å². The number of carboxylic acids is 2. The van der Waals surface area contributed by atoms with E-state index in [1.807, 2.05) is 0 Å². The fourth-order valence-corrected chi connectivity index (χ4v) is 0.869. The molecular weight excluding hydrogens is 236 g/mol. The van der Waals surface area contributed by atoms with Crippen LogP contribution in [-0.2, 0) is 23.9 Å². The van der Waals surface area contributed by atoms with Crippen molar-refractivity contribution in [1.82, 2.24) is 5.32 Å². The summed E-state index contributed by atoms with van der Waals surface area (Å²) in [4.78, 5) is 43.1.